The Hall–Kier alpha value is -2.56. The minimum Gasteiger partial charge on any atom is -0.335 e. The van der Waals surface area contributed by atoms with E-state index >= 15 is 0 Å². The Morgan fingerprint density at radius 2 is 2.11 bits per heavy atom. The summed E-state index contributed by atoms with van der Waals surface area (Å²) in [5, 5.41) is 0.752. The third kappa shape index (κ3) is 1.79. The van der Waals surface area contributed by atoms with E-state index in [1.807, 2.05) is 36.7 Å². The third-order valence-corrected chi connectivity index (χ3v) is 2.99. The monoisotopic (exact) mass is 252 g/mol. The van der Waals surface area contributed by atoms with Crippen molar-refractivity contribution < 1.29 is 4.79 Å². The highest BCUT2D eigenvalue weighted by atomic mass is 16.1. The second kappa shape index (κ2) is 4.28. The molecule has 0 radical (unpaired) electrons. The molecule has 0 aromatic carbocycles. The molecule has 0 saturated heterocycles. The maximum absolute atomic E-state index is 11.2. The molecular formula is C14H12N4O. The standard InChI is InChI=1S/C14H12N4O/c1-9-16-13(11-5-3-4-6-15-11)12-10(8-19)7-18(2)14(12)17-9/h3-8H,1-2H3. The lowest BCUT2D eigenvalue weighted by atomic mass is 10.1. The number of hydrogen-bond donors (Lipinski definition) is 0. The molecule has 0 saturated carbocycles. The van der Waals surface area contributed by atoms with Gasteiger partial charge in [0.25, 0.3) is 0 Å². The van der Waals surface area contributed by atoms with Gasteiger partial charge in [-0.05, 0) is 19.1 Å². The van der Waals surface area contributed by atoms with Crippen molar-refractivity contribution in [3.8, 4) is 11.4 Å². The number of nitrogens with zero attached hydrogens (tertiary/aromatic N) is 4. The fourth-order valence-corrected chi connectivity index (χ4v) is 2.19. The summed E-state index contributed by atoms with van der Waals surface area (Å²) in [6.07, 6.45) is 4.30. The first-order valence-electron chi connectivity index (χ1n) is 5.91. The van der Waals surface area contributed by atoms with Gasteiger partial charge in [0.1, 0.15) is 17.2 Å². The quantitative estimate of drug-likeness (QED) is 0.656. The molecule has 0 aliphatic heterocycles. The zero-order valence-electron chi connectivity index (χ0n) is 10.7. The summed E-state index contributed by atoms with van der Waals surface area (Å²) in [5.74, 6) is 0.659. The molecule has 94 valence electrons. The zero-order valence-corrected chi connectivity index (χ0v) is 10.7. The molecule has 3 rings (SSSR count). The summed E-state index contributed by atoms with van der Waals surface area (Å²) in [6, 6.07) is 5.62. The lowest BCUT2D eigenvalue weighted by Crippen LogP contribution is -1.97. The first-order chi connectivity index (χ1) is 9.20. The number of rotatable bonds is 2. The summed E-state index contributed by atoms with van der Waals surface area (Å²) < 4.78 is 1.83. The number of aldehydes is 1. The van der Waals surface area contributed by atoms with Crippen LogP contribution >= 0.6 is 0 Å². The van der Waals surface area contributed by atoms with E-state index in [0.717, 1.165) is 23.0 Å². The van der Waals surface area contributed by atoms with Crippen molar-refractivity contribution >= 4 is 17.3 Å². The normalized spacial score (nSPS) is 10.8. The van der Waals surface area contributed by atoms with Crippen LogP contribution in [-0.4, -0.2) is 25.8 Å². The van der Waals surface area contributed by atoms with E-state index in [0.29, 0.717) is 17.1 Å². The smallest absolute Gasteiger partial charge is 0.152 e. The van der Waals surface area contributed by atoms with E-state index in [9.17, 15) is 4.79 Å². The van der Waals surface area contributed by atoms with Crippen LogP contribution in [-0.2, 0) is 7.05 Å². The molecule has 0 spiro atoms. The highest BCUT2D eigenvalue weighted by Gasteiger charge is 2.16. The summed E-state index contributed by atoms with van der Waals surface area (Å²) in [4.78, 5) is 24.4. The van der Waals surface area contributed by atoms with Crippen LogP contribution in [0.3, 0.4) is 0 Å². The number of pyridine rings is 1. The van der Waals surface area contributed by atoms with E-state index in [1.165, 1.54) is 0 Å². The molecule has 0 bridgehead atoms. The van der Waals surface area contributed by atoms with Crippen LogP contribution in [0.1, 0.15) is 16.2 Å². The van der Waals surface area contributed by atoms with E-state index in [2.05, 4.69) is 15.0 Å². The van der Waals surface area contributed by atoms with Crippen LogP contribution in [0.15, 0.2) is 30.6 Å². The molecular weight excluding hydrogens is 240 g/mol. The summed E-state index contributed by atoms with van der Waals surface area (Å²) in [7, 11) is 1.87. The Balaban J connectivity index is 2.44. The molecule has 0 aliphatic rings. The molecule has 5 nitrogen and oxygen atoms in total. The number of carbonyl (C=O) groups excluding carboxylic acids is 1. The maximum Gasteiger partial charge on any atom is 0.152 e. The van der Waals surface area contributed by atoms with Crippen molar-refractivity contribution in [2.24, 2.45) is 7.05 Å². The number of aryl methyl sites for hydroxylation is 2. The molecule has 5 heteroatoms. The van der Waals surface area contributed by atoms with Crippen molar-refractivity contribution in [3.05, 3.63) is 42.0 Å². The fourth-order valence-electron chi connectivity index (χ4n) is 2.19. The molecule has 3 aromatic rings. The highest BCUT2D eigenvalue weighted by Crippen LogP contribution is 2.27. The van der Waals surface area contributed by atoms with Crippen molar-refractivity contribution in [1.82, 2.24) is 19.5 Å². The average Bonchev–Trinajstić information content (AvgIpc) is 2.76. The minimum atomic E-state index is 0.582. The Kier molecular flexibility index (Phi) is 2.59. The van der Waals surface area contributed by atoms with Gasteiger partial charge >= 0.3 is 0 Å². The van der Waals surface area contributed by atoms with Gasteiger partial charge in [0.05, 0.1) is 11.1 Å². The van der Waals surface area contributed by atoms with Gasteiger partial charge in [-0.3, -0.25) is 9.78 Å². The van der Waals surface area contributed by atoms with E-state index in [-0.39, 0.29) is 0 Å². The van der Waals surface area contributed by atoms with Crippen LogP contribution in [0.2, 0.25) is 0 Å². The van der Waals surface area contributed by atoms with Gasteiger partial charge in [-0.2, -0.15) is 0 Å². The third-order valence-electron chi connectivity index (χ3n) is 2.99. The largest absolute Gasteiger partial charge is 0.335 e. The van der Waals surface area contributed by atoms with Crippen LogP contribution in [0, 0.1) is 6.92 Å². The minimum absolute atomic E-state index is 0.582. The first-order valence-corrected chi connectivity index (χ1v) is 5.91. The van der Waals surface area contributed by atoms with Gasteiger partial charge in [0.15, 0.2) is 6.29 Å². The van der Waals surface area contributed by atoms with Crippen molar-refractivity contribution in [2.45, 2.75) is 6.92 Å². The molecule has 3 heterocycles. The van der Waals surface area contributed by atoms with Crippen molar-refractivity contribution in [2.75, 3.05) is 0 Å². The molecule has 19 heavy (non-hydrogen) atoms. The molecule has 0 atom stereocenters. The first kappa shape index (κ1) is 11.5. The van der Waals surface area contributed by atoms with Crippen molar-refractivity contribution in [3.63, 3.8) is 0 Å². The van der Waals surface area contributed by atoms with Crippen LogP contribution < -0.4 is 0 Å². The van der Waals surface area contributed by atoms with Gasteiger partial charge < -0.3 is 4.57 Å². The Morgan fingerprint density at radius 3 is 2.79 bits per heavy atom. The topological polar surface area (TPSA) is 60.7 Å². The van der Waals surface area contributed by atoms with Crippen molar-refractivity contribution in [1.29, 1.82) is 0 Å². The summed E-state index contributed by atoms with van der Waals surface area (Å²) >= 11 is 0. The zero-order chi connectivity index (χ0) is 13.4. The molecule has 0 N–H and O–H groups in total. The molecule has 0 unspecified atom stereocenters. The van der Waals surface area contributed by atoms with Gasteiger partial charge in [-0.1, -0.05) is 6.07 Å². The summed E-state index contributed by atoms with van der Waals surface area (Å²) in [5.41, 5.74) is 2.77. The number of hydrogen-bond acceptors (Lipinski definition) is 4. The van der Waals surface area contributed by atoms with Crippen LogP contribution in [0.25, 0.3) is 22.4 Å². The Labute approximate surface area is 110 Å². The van der Waals surface area contributed by atoms with E-state index < -0.39 is 0 Å². The fraction of sp³-hybridized carbons (Fsp3) is 0.143. The molecule has 3 aromatic heterocycles. The Morgan fingerprint density at radius 1 is 1.26 bits per heavy atom. The van der Waals surface area contributed by atoms with E-state index in [1.54, 1.807) is 12.4 Å². The number of carbonyl (C=O) groups is 1. The predicted octanol–water partition coefficient (Wildman–Crippen LogP) is 2.15. The Bertz CT molecular complexity index is 762. The highest BCUT2D eigenvalue weighted by molar-refractivity contribution is 6.03. The van der Waals surface area contributed by atoms with E-state index in [4.69, 9.17) is 0 Å². The second-order valence-electron chi connectivity index (χ2n) is 4.35. The number of fused-ring (bicyclic) bond motifs is 1. The van der Waals surface area contributed by atoms with Gasteiger partial charge in [0.2, 0.25) is 0 Å². The number of aromatic nitrogens is 4. The molecule has 0 fully saturated rings. The lowest BCUT2D eigenvalue weighted by Gasteiger charge is -2.04. The average molecular weight is 252 g/mol. The predicted molar refractivity (Wildman–Crippen MR) is 71.9 cm³/mol. The van der Waals surface area contributed by atoms with Crippen LogP contribution in [0.4, 0.5) is 0 Å². The molecule has 0 amide bonds. The van der Waals surface area contributed by atoms with Gasteiger partial charge in [-0.15, -0.1) is 0 Å². The second-order valence-corrected chi connectivity index (χ2v) is 4.35. The lowest BCUT2D eigenvalue weighted by molar-refractivity contribution is 0.112. The SMILES string of the molecule is Cc1nc(-c2ccccn2)c2c(C=O)cn(C)c2n1. The maximum atomic E-state index is 11.2. The van der Waals surface area contributed by atoms with Gasteiger partial charge in [-0.25, -0.2) is 9.97 Å². The molecule has 0 aliphatic carbocycles. The van der Waals surface area contributed by atoms with Crippen LogP contribution in [0.5, 0.6) is 0 Å². The summed E-state index contributed by atoms with van der Waals surface area (Å²) in [6.45, 7) is 1.83. The van der Waals surface area contributed by atoms with Gasteiger partial charge in [0, 0.05) is 25.0 Å².